The van der Waals surface area contributed by atoms with Crippen molar-refractivity contribution in [2.24, 2.45) is 31.8 Å². The molecule has 1 aliphatic carbocycles. The summed E-state index contributed by atoms with van der Waals surface area (Å²) in [6, 6.07) is 0. The molecule has 0 amide bonds. The maximum atomic E-state index is 4.14. The molecule has 19 heavy (non-hydrogen) atoms. The zero-order valence-corrected chi connectivity index (χ0v) is 12.0. The number of fused-ring (bicyclic) bond motifs is 2. The first-order valence-corrected chi connectivity index (χ1v) is 6.62. The second-order valence-corrected chi connectivity index (χ2v) is 4.71. The molecule has 2 rings (SSSR count). The smallest absolute Gasteiger partial charge is 0.0514 e. The van der Waals surface area contributed by atoms with Crippen molar-refractivity contribution in [1.82, 2.24) is 0 Å². The number of rotatable bonds is 0. The Labute approximate surface area is 124 Å². The molecule has 0 aromatic heterocycles. The largest absolute Gasteiger partial charge is 0.138 e. The Morgan fingerprint density at radius 3 is 2.84 bits per heavy atom. The van der Waals surface area contributed by atoms with Crippen LogP contribution in [0, 0.1) is 5.92 Å². The van der Waals surface area contributed by atoms with Gasteiger partial charge in [-0.2, -0.15) is 0 Å². The maximum Gasteiger partial charge on any atom is 0.0514 e. The third-order valence-electron chi connectivity index (χ3n) is 3.30. The predicted octanol–water partition coefficient (Wildman–Crippen LogP) is 4.60. The summed E-state index contributed by atoms with van der Waals surface area (Å²) in [6.45, 7) is 0. The molecule has 0 saturated heterocycles. The van der Waals surface area contributed by atoms with Gasteiger partial charge in [0.25, 0.3) is 0 Å². The topological polar surface area (TPSA) is 61.8 Å². The van der Waals surface area contributed by atoms with Crippen LogP contribution in [-0.4, -0.2) is 5.71 Å². The van der Waals surface area contributed by atoms with E-state index in [9.17, 15) is 0 Å². The molecule has 2 bridgehead atoms. The molecule has 1 saturated carbocycles. The van der Waals surface area contributed by atoms with Crippen molar-refractivity contribution in [1.29, 1.82) is 0 Å². The van der Waals surface area contributed by atoms with Crippen LogP contribution >= 0.6 is 0 Å². The van der Waals surface area contributed by atoms with Gasteiger partial charge < -0.3 is 0 Å². The van der Waals surface area contributed by atoms with Gasteiger partial charge in [0, 0.05) is 22.8 Å². The van der Waals surface area contributed by atoms with Crippen molar-refractivity contribution in [3.05, 3.63) is 24.4 Å². The minimum Gasteiger partial charge on any atom is -0.138 e. The minimum atomic E-state index is 0. The van der Waals surface area contributed by atoms with E-state index in [1.165, 1.54) is 25.7 Å². The van der Waals surface area contributed by atoms with Gasteiger partial charge in [-0.15, -0.1) is 10.2 Å². The number of nitrogens with zero attached hydrogens (tertiary/aromatic N) is 5. The Bertz CT molecular complexity index is 398. The van der Waals surface area contributed by atoms with E-state index < -0.39 is 0 Å². The Kier molecular flexibility index (Phi) is 8.18. The first kappa shape index (κ1) is 15.9. The first-order chi connectivity index (χ1) is 8.95. The quantitative estimate of drug-likeness (QED) is 0.587. The second kappa shape index (κ2) is 9.75. The summed E-state index contributed by atoms with van der Waals surface area (Å²) >= 11 is 0. The van der Waals surface area contributed by atoms with E-state index in [2.05, 4.69) is 32.0 Å². The zero-order chi connectivity index (χ0) is 12.5. The monoisotopic (exact) mass is 301 g/mol. The molecule has 0 radical (unpaired) electrons. The van der Waals surface area contributed by atoms with Gasteiger partial charge in [-0.25, -0.2) is 0 Å². The van der Waals surface area contributed by atoms with E-state index in [1.54, 1.807) is 6.20 Å². The van der Waals surface area contributed by atoms with Gasteiger partial charge in [-0.1, -0.05) is 12.2 Å². The van der Waals surface area contributed by atoms with Gasteiger partial charge >= 0.3 is 0 Å². The van der Waals surface area contributed by atoms with Crippen LogP contribution in [0.1, 0.15) is 44.9 Å². The maximum absolute atomic E-state index is 4.14. The molecule has 1 unspecified atom stereocenters. The summed E-state index contributed by atoms with van der Waals surface area (Å²) in [4.78, 5) is 0. The normalized spacial score (nSPS) is 24.0. The number of allylic oxidation sites excluding steroid dienone is 3. The third kappa shape index (κ3) is 6.55. The van der Waals surface area contributed by atoms with Gasteiger partial charge in [-0.3, -0.25) is 0 Å². The molecule has 1 atom stereocenters. The van der Waals surface area contributed by atoms with Crippen LogP contribution in [0.2, 0.25) is 0 Å². The molecule has 1 fully saturated rings. The zero-order valence-electron chi connectivity index (χ0n) is 10.9. The Morgan fingerprint density at radius 1 is 1.00 bits per heavy atom. The van der Waals surface area contributed by atoms with E-state index in [0.717, 1.165) is 30.9 Å². The molecule has 5 nitrogen and oxygen atoms in total. The van der Waals surface area contributed by atoms with Gasteiger partial charge in [-0.05, 0) is 72.6 Å². The van der Waals surface area contributed by atoms with Crippen LogP contribution in [0.15, 0.2) is 50.3 Å². The SMILES string of the molecule is C1=CCCCC2CCCC(=NN=NN=NC=C1)C2.[Fe]. The molecular weight excluding hydrogens is 282 g/mol. The van der Waals surface area contributed by atoms with Gasteiger partial charge in [0.2, 0.25) is 0 Å². The van der Waals surface area contributed by atoms with Crippen molar-refractivity contribution in [2.75, 3.05) is 0 Å². The summed E-state index contributed by atoms with van der Waals surface area (Å²) in [5, 5.41) is 18.7. The fourth-order valence-corrected chi connectivity index (χ4v) is 2.41. The molecule has 1 aliphatic heterocycles. The van der Waals surface area contributed by atoms with E-state index in [-0.39, 0.29) is 17.1 Å². The molecular formula is C13H19FeN5. The minimum absolute atomic E-state index is 0. The third-order valence-corrected chi connectivity index (χ3v) is 3.30. The molecule has 0 N–H and O–H groups in total. The van der Waals surface area contributed by atoms with Crippen LogP contribution in [-0.2, 0) is 17.1 Å². The Hall–Kier alpha value is -1.13. The molecule has 2 aliphatic rings. The summed E-state index contributed by atoms with van der Waals surface area (Å²) in [5.74, 6) is 0.767. The van der Waals surface area contributed by atoms with Crippen molar-refractivity contribution in [2.45, 2.75) is 44.9 Å². The van der Waals surface area contributed by atoms with Crippen LogP contribution < -0.4 is 0 Å². The van der Waals surface area contributed by atoms with Gasteiger partial charge in [0.15, 0.2) is 0 Å². The van der Waals surface area contributed by atoms with Crippen LogP contribution in [0.25, 0.3) is 0 Å². The van der Waals surface area contributed by atoms with E-state index in [4.69, 9.17) is 0 Å². The van der Waals surface area contributed by atoms with E-state index >= 15 is 0 Å². The van der Waals surface area contributed by atoms with Crippen molar-refractivity contribution in [3.8, 4) is 0 Å². The molecule has 1 heterocycles. The Morgan fingerprint density at radius 2 is 1.89 bits per heavy atom. The molecule has 0 aromatic carbocycles. The predicted molar refractivity (Wildman–Crippen MR) is 71.2 cm³/mol. The van der Waals surface area contributed by atoms with Gasteiger partial charge in [0.05, 0.1) is 6.20 Å². The van der Waals surface area contributed by atoms with Gasteiger partial charge in [0.1, 0.15) is 0 Å². The standard InChI is InChI=1S/C13H19N5.Fe/c1-2-4-7-12-8-6-9-13(11-12)15-17-18-16-14-10-5-3-1;/h1,3,5,10,12H,2,4,6-9,11H2;. The summed E-state index contributed by atoms with van der Waals surface area (Å²) in [7, 11) is 0. The molecule has 0 spiro atoms. The Balaban J connectivity index is 0.00000180. The summed E-state index contributed by atoms with van der Waals surface area (Å²) < 4.78 is 0. The fraction of sp³-hybridized carbons (Fsp3) is 0.615. The van der Waals surface area contributed by atoms with E-state index in [0.29, 0.717) is 0 Å². The molecule has 6 heteroatoms. The first-order valence-electron chi connectivity index (χ1n) is 6.62. The fourth-order valence-electron chi connectivity index (χ4n) is 2.41. The second-order valence-electron chi connectivity index (χ2n) is 4.71. The van der Waals surface area contributed by atoms with Crippen LogP contribution in [0.4, 0.5) is 0 Å². The molecule has 0 aromatic rings. The summed E-state index contributed by atoms with van der Waals surface area (Å²) in [5.41, 5.74) is 1.16. The average molecular weight is 301 g/mol. The molecule has 104 valence electrons. The van der Waals surface area contributed by atoms with E-state index in [1.807, 2.05) is 12.2 Å². The summed E-state index contributed by atoms with van der Waals surface area (Å²) in [6.07, 6.45) is 15.9. The van der Waals surface area contributed by atoms with Crippen molar-refractivity contribution in [3.63, 3.8) is 0 Å². The van der Waals surface area contributed by atoms with Crippen molar-refractivity contribution < 1.29 is 17.1 Å². The van der Waals surface area contributed by atoms with Crippen LogP contribution in [0.5, 0.6) is 0 Å². The average Bonchev–Trinajstić information content (AvgIpc) is 2.40. The number of hydrogen-bond acceptors (Lipinski definition) is 5. The van der Waals surface area contributed by atoms with Crippen molar-refractivity contribution >= 4 is 5.71 Å². The van der Waals surface area contributed by atoms with Crippen LogP contribution in [0.3, 0.4) is 0 Å². The number of hydrogen-bond donors (Lipinski definition) is 0.